The maximum atomic E-state index is 12.8. The molecule has 0 saturated heterocycles. The van der Waals surface area contributed by atoms with Crippen LogP contribution in [0.15, 0.2) is 73.1 Å². The molecule has 3 aromatic rings. The van der Waals surface area contributed by atoms with Crippen molar-refractivity contribution in [2.75, 3.05) is 19.7 Å². The predicted molar refractivity (Wildman–Crippen MR) is 135 cm³/mol. The molecule has 7 heteroatoms. The Hall–Kier alpha value is -3.71. The lowest BCUT2D eigenvalue weighted by Crippen LogP contribution is -2.37. The van der Waals surface area contributed by atoms with E-state index in [2.05, 4.69) is 32.7 Å². The second-order valence-electron chi connectivity index (χ2n) is 8.75. The Balaban J connectivity index is 1.53. The van der Waals surface area contributed by atoms with Gasteiger partial charge in [0.05, 0.1) is 13.2 Å². The van der Waals surface area contributed by atoms with Gasteiger partial charge in [-0.05, 0) is 54.7 Å². The number of fused-ring (bicyclic) bond motifs is 1. The van der Waals surface area contributed by atoms with Gasteiger partial charge in [-0.1, -0.05) is 36.4 Å². The number of pyridine rings is 1. The lowest BCUT2D eigenvalue weighted by molar-refractivity contribution is -0.122. The molecule has 2 amide bonds. The molecule has 4 rings (SSSR count). The standard InChI is InChI=1S/C28H32N4O3/c33-27-21-32(19-23-7-3-1-4-8-23)20-25-10-9-24(17-26(25)35-16-6-2-5-13-30-27)28(34)31-18-22-11-14-29-15-12-22/h1,3-4,7-12,14-15,17H,2,5-6,13,16,18-21H2,(H,30,33)(H,31,34). The molecule has 0 fully saturated rings. The monoisotopic (exact) mass is 472 g/mol. The number of nitrogens with zero attached hydrogens (tertiary/aromatic N) is 2. The van der Waals surface area contributed by atoms with Gasteiger partial charge in [0, 0.05) is 49.7 Å². The van der Waals surface area contributed by atoms with Crippen LogP contribution < -0.4 is 15.4 Å². The minimum Gasteiger partial charge on any atom is -0.493 e. The largest absolute Gasteiger partial charge is 0.493 e. The van der Waals surface area contributed by atoms with Crippen LogP contribution in [0.3, 0.4) is 0 Å². The van der Waals surface area contributed by atoms with Crippen molar-refractivity contribution in [2.45, 2.75) is 38.9 Å². The van der Waals surface area contributed by atoms with Gasteiger partial charge in [0.25, 0.3) is 5.91 Å². The normalized spacial score (nSPS) is 15.4. The fourth-order valence-electron chi connectivity index (χ4n) is 4.07. The van der Waals surface area contributed by atoms with Crippen LogP contribution in [-0.4, -0.2) is 41.4 Å². The summed E-state index contributed by atoms with van der Waals surface area (Å²) in [6.45, 7) is 3.15. The fraction of sp³-hybridized carbons (Fsp3) is 0.321. The molecule has 0 spiro atoms. The number of rotatable bonds is 5. The van der Waals surface area contributed by atoms with Crippen molar-refractivity contribution in [1.82, 2.24) is 20.5 Å². The predicted octanol–water partition coefficient (Wildman–Crippen LogP) is 3.69. The highest BCUT2D eigenvalue weighted by Crippen LogP contribution is 2.24. The minimum absolute atomic E-state index is 0.0229. The molecule has 0 atom stereocenters. The summed E-state index contributed by atoms with van der Waals surface area (Å²) in [5.41, 5.74) is 3.63. The highest BCUT2D eigenvalue weighted by Gasteiger charge is 2.17. The molecular weight excluding hydrogens is 440 g/mol. The minimum atomic E-state index is -0.156. The van der Waals surface area contributed by atoms with E-state index in [9.17, 15) is 9.59 Å². The van der Waals surface area contributed by atoms with Crippen LogP contribution in [0, 0.1) is 0 Å². The van der Waals surface area contributed by atoms with Crippen molar-refractivity contribution in [1.29, 1.82) is 0 Å². The molecule has 2 N–H and O–H groups in total. The Morgan fingerprint density at radius 1 is 0.971 bits per heavy atom. The highest BCUT2D eigenvalue weighted by atomic mass is 16.5. The molecule has 0 radical (unpaired) electrons. The molecule has 35 heavy (non-hydrogen) atoms. The maximum Gasteiger partial charge on any atom is 0.251 e. The lowest BCUT2D eigenvalue weighted by atomic mass is 10.1. The highest BCUT2D eigenvalue weighted by molar-refractivity contribution is 5.94. The first-order valence-corrected chi connectivity index (χ1v) is 12.1. The van der Waals surface area contributed by atoms with Gasteiger partial charge < -0.3 is 15.4 Å². The van der Waals surface area contributed by atoms with Crippen LogP contribution in [0.1, 0.15) is 46.3 Å². The van der Waals surface area contributed by atoms with Crippen molar-refractivity contribution in [2.24, 2.45) is 0 Å². The molecular formula is C28H32N4O3. The number of ether oxygens (including phenoxy) is 1. The van der Waals surface area contributed by atoms with Gasteiger partial charge in [-0.3, -0.25) is 19.5 Å². The first-order valence-electron chi connectivity index (χ1n) is 12.1. The molecule has 7 nitrogen and oxygen atoms in total. The molecule has 1 aromatic heterocycles. The van der Waals surface area contributed by atoms with Gasteiger partial charge in [-0.15, -0.1) is 0 Å². The second kappa shape index (κ2) is 12.7. The molecule has 0 saturated carbocycles. The summed E-state index contributed by atoms with van der Waals surface area (Å²) in [6, 6.07) is 19.4. The quantitative estimate of drug-likeness (QED) is 0.592. The van der Waals surface area contributed by atoms with Crippen molar-refractivity contribution < 1.29 is 14.3 Å². The third-order valence-electron chi connectivity index (χ3n) is 5.94. The van der Waals surface area contributed by atoms with Gasteiger partial charge in [0.2, 0.25) is 5.91 Å². The average Bonchev–Trinajstić information content (AvgIpc) is 2.89. The number of hydrogen-bond donors (Lipinski definition) is 2. The smallest absolute Gasteiger partial charge is 0.251 e. The Morgan fingerprint density at radius 2 is 1.80 bits per heavy atom. The number of hydrogen-bond acceptors (Lipinski definition) is 5. The molecule has 0 bridgehead atoms. The molecule has 2 aromatic carbocycles. The van der Waals surface area contributed by atoms with E-state index in [4.69, 9.17) is 4.74 Å². The topological polar surface area (TPSA) is 83.6 Å². The Kier molecular flexibility index (Phi) is 8.84. The molecule has 1 aliphatic heterocycles. The molecule has 1 aliphatic rings. The summed E-state index contributed by atoms with van der Waals surface area (Å²) in [5, 5.41) is 5.99. The molecule has 0 aliphatic carbocycles. The zero-order valence-corrected chi connectivity index (χ0v) is 19.9. The number of carbonyl (C=O) groups is 2. The third-order valence-corrected chi connectivity index (χ3v) is 5.94. The van der Waals surface area contributed by atoms with Crippen LogP contribution >= 0.6 is 0 Å². The fourth-order valence-corrected chi connectivity index (χ4v) is 4.07. The zero-order valence-electron chi connectivity index (χ0n) is 19.9. The Labute approximate surface area is 206 Å². The van der Waals surface area contributed by atoms with Crippen LogP contribution in [0.2, 0.25) is 0 Å². The molecule has 0 unspecified atom stereocenters. The summed E-state index contributed by atoms with van der Waals surface area (Å²) in [4.78, 5) is 31.5. The van der Waals surface area contributed by atoms with E-state index in [1.54, 1.807) is 12.4 Å². The van der Waals surface area contributed by atoms with E-state index < -0.39 is 0 Å². The van der Waals surface area contributed by atoms with Crippen LogP contribution in [0.4, 0.5) is 0 Å². The van der Waals surface area contributed by atoms with E-state index in [0.717, 1.165) is 36.0 Å². The summed E-state index contributed by atoms with van der Waals surface area (Å²) in [6.07, 6.45) is 6.19. The maximum absolute atomic E-state index is 12.8. The summed E-state index contributed by atoms with van der Waals surface area (Å²) < 4.78 is 6.16. The summed E-state index contributed by atoms with van der Waals surface area (Å²) in [5.74, 6) is 0.561. The lowest BCUT2D eigenvalue weighted by Gasteiger charge is -2.23. The van der Waals surface area contributed by atoms with Crippen LogP contribution in [0.5, 0.6) is 5.75 Å². The van der Waals surface area contributed by atoms with Gasteiger partial charge in [-0.2, -0.15) is 0 Å². The number of carbonyl (C=O) groups excluding carboxylic acids is 2. The van der Waals surface area contributed by atoms with E-state index >= 15 is 0 Å². The number of benzene rings is 2. The number of aromatic nitrogens is 1. The number of amides is 2. The van der Waals surface area contributed by atoms with E-state index in [1.165, 1.54) is 0 Å². The zero-order chi connectivity index (χ0) is 24.3. The first-order chi connectivity index (χ1) is 17.2. The average molecular weight is 473 g/mol. The van der Waals surface area contributed by atoms with Gasteiger partial charge in [-0.25, -0.2) is 0 Å². The number of nitrogens with one attached hydrogen (secondary N) is 2. The van der Waals surface area contributed by atoms with E-state index in [1.807, 2.05) is 48.5 Å². The van der Waals surface area contributed by atoms with Gasteiger partial charge in [0.1, 0.15) is 5.75 Å². The summed E-state index contributed by atoms with van der Waals surface area (Å²) >= 11 is 0. The Morgan fingerprint density at radius 3 is 2.63 bits per heavy atom. The van der Waals surface area contributed by atoms with Crippen molar-refractivity contribution >= 4 is 11.8 Å². The summed E-state index contributed by atoms with van der Waals surface area (Å²) in [7, 11) is 0. The molecule has 2 heterocycles. The molecule has 182 valence electrons. The van der Waals surface area contributed by atoms with Crippen LogP contribution in [0.25, 0.3) is 0 Å². The second-order valence-corrected chi connectivity index (χ2v) is 8.75. The van der Waals surface area contributed by atoms with Crippen molar-refractivity contribution in [3.8, 4) is 5.75 Å². The van der Waals surface area contributed by atoms with E-state index in [-0.39, 0.29) is 11.8 Å². The van der Waals surface area contributed by atoms with Crippen molar-refractivity contribution in [3.63, 3.8) is 0 Å². The SMILES string of the molecule is O=C1CN(Cc2ccccc2)Cc2ccc(C(=O)NCc3ccncc3)cc2OCCCCCN1. The van der Waals surface area contributed by atoms with E-state index in [0.29, 0.717) is 50.6 Å². The van der Waals surface area contributed by atoms with Gasteiger partial charge in [0.15, 0.2) is 0 Å². The Bertz CT molecular complexity index is 1110. The third kappa shape index (κ3) is 7.65. The van der Waals surface area contributed by atoms with Crippen LogP contribution in [-0.2, 0) is 24.4 Å². The van der Waals surface area contributed by atoms with Crippen molar-refractivity contribution in [3.05, 3.63) is 95.3 Å². The van der Waals surface area contributed by atoms with Gasteiger partial charge >= 0.3 is 0 Å². The first kappa shape index (κ1) is 24.4.